The van der Waals surface area contributed by atoms with E-state index in [1.807, 2.05) is 37.3 Å². The fraction of sp³-hybridized carbons (Fsp3) is 0.133. The fourth-order valence-corrected chi connectivity index (χ4v) is 2.26. The SMILES string of the molecule is Cc1ccc(OCc2ccc(C(N)=O)cc2)c(Br)c1. The standard InChI is InChI=1S/C15H14BrNO2/c1-10-2-7-14(13(16)8-10)19-9-11-3-5-12(6-4-11)15(17)18/h2-8H,9H2,1H3,(H2,17,18). The molecule has 0 spiro atoms. The molecule has 0 saturated carbocycles. The molecule has 0 atom stereocenters. The van der Waals surface area contributed by atoms with Gasteiger partial charge in [-0.3, -0.25) is 4.79 Å². The molecule has 98 valence electrons. The summed E-state index contributed by atoms with van der Waals surface area (Å²) in [6, 6.07) is 13.0. The summed E-state index contributed by atoms with van der Waals surface area (Å²) in [6.45, 7) is 2.47. The van der Waals surface area contributed by atoms with Gasteiger partial charge in [0.05, 0.1) is 4.47 Å². The van der Waals surface area contributed by atoms with Crippen LogP contribution in [0.25, 0.3) is 0 Å². The lowest BCUT2D eigenvalue weighted by Crippen LogP contribution is -2.10. The first-order valence-electron chi connectivity index (χ1n) is 5.84. The van der Waals surface area contributed by atoms with Gasteiger partial charge in [0.25, 0.3) is 0 Å². The van der Waals surface area contributed by atoms with Crippen molar-refractivity contribution in [1.29, 1.82) is 0 Å². The van der Waals surface area contributed by atoms with Gasteiger partial charge in [0, 0.05) is 5.56 Å². The third-order valence-corrected chi connectivity index (χ3v) is 3.34. The molecule has 0 aliphatic rings. The maximum atomic E-state index is 11.0. The van der Waals surface area contributed by atoms with Crippen LogP contribution in [-0.2, 0) is 6.61 Å². The number of primary amides is 1. The Kier molecular flexibility index (Phi) is 4.22. The van der Waals surface area contributed by atoms with Crippen LogP contribution in [-0.4, -0.2) is 5.91 Å². The molecule has 3 nitrogen and oxygen atoms in total. The van der Waals surface area contributed by atoms with Gasteiger partial charge in [-0.05, 0) is 58.2 Å². The van der Waals surface area contributed by atoms with E-state index in [0.717, 1.165) is 15.8 Å². The maximum absolute atomic E-state index is 11.0. The number of halogens is 1. The summed E-state index contributed by atoms with van der Waals surface area (Å²) in [4.78, 5) is 11.0. The Labute approximate surface area is 120 Å². The summed E-state index contributed by atoms with van der Waals surface area (Å²) in [7, 11) is 0. The molecule has 0 unspecified atom stereocenters. The van der Waals surface area contributed by atoms with Crippen LogP contribution in [0.3, 0.4) is 0 Å². The van der Waals surface area contributed by atoms with E-state index in [1.165, 1.54) is 5.56 Å². The first kappa shape index (κ1) is 13.6. The van der Waals surface area contributed by atoms with E-state index in [2.05, 4.69) is 15.9 Å². The molecule has 0 bridgehead atoms. The van der Waals surface area contributed by atoms with Gasteiger partial charge in [0.15, 0.2) is 0 Å². The number of benzene rings is 2. The molecule has 2 N–H and O–H groups in total. The van der Waals surface area contributed by atoms with Crippen molar-refractivity contribution in [2.45, 2.75) is 13.5 Å². The minimum absolute atomic E-state index is 0.422. The Morgan fingerprint density at radius 1 is 1.21 bits per heavy atom. The molecule has 0 aromatic heterocycles. The highest BCUT2D eigenvalue weighted by atomic mass is 79.9. The highest BCUT2D eigenvalue weighted by Crippen LogP contribution is 2.26. The second-order valence-corrected chi connectivity index (χ2v) is 5.14. The Balaban J connectivity index is 2.04. The van der Waals surface area contributed by atoms with Crippen molar-refractivity contribution in [3.63, 3.8) is 0 Å². The van der Waals surface area contributed by atoms with Crippen LogP contribution < -0.4 is 10.5 Å². The molecule has 0 aliphatic heterocycles. The van der Waals surface area contributed by atoms with Gasteiger partial charge in [-0.15, -0.1) is 0 Å². The van der Waals surface area contributed by atoms with Gasteiger partial charge in [-0.2, -0.15) is 0 Å². The number of ether oxygens (including phenoxy) is 1. The molecule has 1 amide bonds. The number of rotatable bonds is 4. The minimum atomic E-state index is -0.422. The van der Waals surface area contributed by atoms with Crippen LogP contribution in [0.1, 0.15) is 21.5 Å². The van der Waals surface area contributed by atoms with E-state index in [-0.39, 0.29) is 0 Å². The van der Waals surface area contributed by atoms with Crippen molar-refractivity contribution in [2.24, 2.45) is 5.73 Å². The summed E-state index contributed by atoms with van der Waals surface area (Å²) in [6.07, 6.45) is 0. The predicted molar refractivity (Wildman–Crippen MR) is 78.2 cm³/mol. The number of hydrogen-bond acceptors (Lipinski definition) is 2. The van der Waals surface area contributed by atoms with E-state index in [9.17, 15) is 4.79 Å². The van der Waals surface area contributed by atoms with Crippen molar-refractivity contribution in [3.05, 3.63) is 63.6 Å². The molecule has 0 saturated heterocycles. The van der Waals surface area contributed by atoms with E-state index in [0.29, 0.717) is 12.2 Å². The lowest BCUT2D eigenvalue weighted by atomic mass is 10.1. The second-order valence-electron chi connectivity index (χ2n) is 4.28. The van der Waals surface area contributed by atoms with Crippen LogP contribution in [0.5, 0.6) is 5.75 Å². The van der Waals surface area contributed by atoms with Gasteiger partial charge in [0.1, 0.15) is 12.4 Å². The molecule has 2 aromatic carbocycles. The van der Waals surface area contributed by atoms with Gasteiger partial charge in [-0.25, -0.2) is 0 Å². The average molecular weight is 320 g/mol. The zero-order chi connectivity index (χ0) is 13.8. The highest BCUT2D eigenvalue weighted by molar-refractivity contribution is 9.10. The van der Waals surface area contributed by atoms with Gasteiger partial charge < -0.3 is 10.5 Å². The van der Waals surface area contributed by atoms with Crippen LogP contribution in [0.4, 0.5) is 0 Å². The van der Waals surface area contributed by atoms with E-state index in [1.54, 1.807) is 12.1 Å². The number of hydrogen-bond donors (Lipinski definition) is 1. The Hall–Kier alpha value is -1.81. The summed E-state index contributed by atoms with van der Waals surface area (Å²) < 4.78 is 6.65. The average Bonchev–Trinajstić information content (AvgIpc) is 2.38. The molecule has 2 aromatic rings. The van der Waals surface area contributed by atoms with Crippen molar-refractivity contribution in [2.75, 3.05) is 0 Å². The molecule has 0 heterocycles. The predicted octanol–water partition coefficient (Wildman–Crippen LogP) is 3.44. The summed E-state index contributed by atoms with van der Waals surface area (Å²) in [5.74, 6) is 0.373. The zero-order valence-electron chi connectivity index (χ0n) is 10.5. The van der Waals surface area contributed by atoms with Crippen molar-refractivity contribution in [1.82, 2.24) is 0 Å². The zero-order valence-corrected chi connectivity index (χ0v) is 12.1. The maximum Gasteiger partial charge on any atom is 0.248 e. The number of carbonyl (C=O) groups is 1. The number of carbonyl (C=O) groups excluding carboxylic acids is 1. The lowest BCUT2D eigenvalue weighted by molar-refractivity contribution is 0.1000. The molecule has 0 radical (unpaired) electrons. The third-order valence-electron chi connectivity index (χ3n) is 2.72. The fourth-order valence-electron chi connectivity index (χ4n) is 1.65. The number of amides is 1. The Bertz CT molecular complexity index is 594. The number of aryl methyl sites for hydroxylation is 1. The van der Waals surface area contributed by atoms with Gasteiger partial charge in [0.2, 0.25) is 5.91 Å². The normalized spacial score (nSPS) is 10.2. The van der Waals surface area contributed by atoms with E-state index < -0.39 is 5.91 Å². The molecule has 19 heavy (non-hydrogen) atoms. The molecule has 0 aliphatic carbocycles. The largest absolute Gasteiger partial charge is 0.488 e. The third kappa shape index (κ3) is 3.58. The van der Waals surface area contributed by atoms with Crippen LogP contribution >= 0.6 is 15.9 Å². The summed E-state index contributed by atoms with van der Waals surface area (Å²) in [5.41, 5.74) is 7.84. The van der Waals surface area contributed by atoms with Crippen LogP contribution in [0.15, 0.2) is 46.9 Å². The lowest BCUT2D eigenvalue weighted by Gasteiger charge is -2.09. The minimum Gasteiger partial charge on any atom is -0.488 e. The topological polar surface area (TPSA) is 52.3 Å². The first-order chi connectivity index (χ1) is 9.06. The smallest absolute Gasteiger partial charge is 0.248 e. The summed E-state index contributed by atoms with van der Waals surface area (Å²) >= 11 is 3.47. The molecule has 2 rings (SSSR count). The van der Waals surface area contributed by atoms with Crippen molar-refractivity contribution >= 4 is 21.8 Å². The summed E-state index contributed by atoms with van der Waals surface area (Å²) in [5, 5.41) is 0. The quantitative estimate of drug-likeness (QED) is 0.938. The monoisotopic (exact) mass is 319 g/mol. The Morgan fingerprint density at radius 3 is 2.47 bits per heavy atom. The van der Waals surface area contributed by atoms with E-state index >= 15 is 0 Å². The van der Waals surface area contributed by atoms with Crippen molar-refractivity contribution in [3.8, 4) is 5.75 Å². The number of nitrogens with two attached hydrogens (primary N) is 1. The van der Waals surface area contributed by atoms with Crippen molar-refractivity contribution < 1.29 is 9.53 Å². The highest BCUT2D eigenvalue weighted by Gasteiger charge is 2.03. The van der Waals surface area contributed by atoms with E-state index in [4.69, 9.17) is 10.5 Å². The molecular formula is C15H14BrNO2. The van der Waals surface area contributed by atoms with Crippen LogP contribution in [0, 0.1) is 6.92 Å². The van der Waals surface area contributed by atoms with Gasteiger partial charge in [-0.1, -0.05) is 18.2 Å². The first-order valence-corrected chi connectivity index (χ1v) is 6.63. The molecule has 0 fully saturated rings. The van der Waals surface area contributed by atoms with Gasteiger partial charge >= 0.3 is 0 Å². The molecule has 4 heteroatoms. The molecular weight excluding hydrogens is 306 g/mol. The Morgan fingerprint density at radius 2 is 1.89 bits per heavy atom. The second kappa shape index (κ2) is 5.89. The van der Waals surface area contributed by atoms with Crippen LogP contribution in [0.2, 0.25) is 0 Å².